The lowest BCUT2D eigenvalue weighted by atomic mass is 9.83. The molecular formula is C30H46N4O5. The summed E-state index contributed by atoms with van der Waals surface area (Å²) in [5.74, 6) is -0.779. The highest BCUT2D eigenvalue weighted by Crippen LogP contribution is 2.41. The van der Waals surface area contributed by atoms with Crippen LogP contribution in [0.4, 0.5) is 4.79 Å². The Balaban J connectivity index is 1.58. The number of likely N-dealkylation sites (tertiary alicyclic amines) is 1. The Morgan fingerprint density at radius 2 is 1.87 bits per heavy atom. The SMILES string of the molecule is CCCCN(CCCC)C(=O)CN1CC(c2ccc3c(c2)CCO3)C(C(=O)O)C1CCN1CCCN(C)C1=O. The van der Waals surface area contributed by atoms with Crippen LogP contribution in [0.5, 0.6) is 5.75 Å². The molecule has 9 heteroatoms. The number of unbranched alkanes of at least 4 members (excludes halogenated alkanes) is 2. The summed E-state index contributed by atoms with van der Waals surface area (Å²) in [5.41, 5.74) is 2.11. The van der Waals surface area contributed by atoms with E-state index in [2.05, 4.69) is 24.8 Å². The van der Waals surface area contributed by atoms with Gasteiger partial charge in [0.25, 0.3) is 0 Å². The lowest BCUT2D eigenvalue weighted by Crippen LogP contribution is -2.50. The number of carboxylic acids is 1. The molecule has 0 bridgehead atoms. The average Bonchev–Trinajstić information content (AvgIpc) is 3.53. The Bertz CT molecular complexity index is 1010. The summed E-state index contributed by atoms with van der Waals surface area (Å²) in [4.78, 5) is 46.7. The highest BCUT2D eigenvalue weighted by molar-refractivity contribution is 5.79. The standard InChI is InChI=1S/C30H46N4O5/c1-4-6-14-32(15-7-5-2)27(35)21-34-20-24(22-9-10-26-23(19-22)12-18-39-26)28(29(36)37)25(34)11-17-33-16-8-13-31(3)30(33)38/h9-10,19,24-25,28H,4-8,11-18,20-21H2,1-3H3,(H,36,37). The first-order chi connectivity index (χ1) is 18.8. The van der Waals surface area contributed by atoms with Gasteiger partial charge < -0.3 is 24.5 Å². The smallest absolute Gasteiger partial charge is 0.319 e. The summed E-state index contributed by atoms with van der Waals surface area (Å²) >= 11 is 0. The summed E-state index contributed by atoms with van der Waals surface area (Å²) < 4.78 is 5.68. The molecular weight excluding hydrogens is 496 g/mol. The minimum atomic E-state index is -0.840. The number of rotatable bonds is 13. The fourth-order valence-electron chi connectivity index (χ4n) is 6.39. The predicted molar refractivity (Wildman–Crippen MR) is 150 cm³/mol. The summed E-state index contributed by atoms with van der Waals surface area (Å²) in [5, 5.41) is 10.5. The number of urea groups is 1. The molecule has 3 unspecified atom stereocenters. The first kappa shape index (κ1) is 29.2. The van der Waals surface area contributed by atoms with E-state index in [-0.39, 0.29) is 30.4 Å². The number of carboxylic acid groups (broad SMARTS) is 1. The molecule has 2 fully saturated rings. The molecule has 1 N–H and O–H groups in total. The van der Waals surface area contributed by atoms with E-state index in [0.29, 0.717) is 32.7 Å². The van der Waals surface area contributed by atoms with Crippen LogP contribution in [0.1, 0.15) is 69.4 Å². The molecule has 3 aliphatic heterocycles. The number of amides is 3. The van der Waals surface area contributed by atoms with Crippen LogP contribution in [0.2, 0.25) is 0 Å². The van der Waals surface area contributed by atoms with Crippen molar-refractivity contribution in [1.29, 1.82) is 0 Å². The van der Waals surface area contributed by atoms with Gasteiger partial charge >= 0.3 is 12.0 Å². The van der Waals surface area contributed by atoms with E-state index in [1.54, 1.807) is 4.90 Å². The lowest BCUT2D eigenvalue weighted by molar-refractivity contribution is -0.144. The number of fused-ring (bicyclic) bond motifs is 1. The monoisotopic (exact) mass is 542 g/mol. The molecule has 2 saturated heterocycles. The molecule has 9 nitrogen and oxygen atoms in total. The topological polar surface area (TPSA) is 93.6 Å². The van der Waals surface area contributed by atoms with Crippen LogP contribution >= 0.6 is 0 Å². The Morgan fingerprint density at radius 1 is 1.13 bits per heavy atom. The number of carbonyl (C=O) groups is 3. The molecule has 39 heavy (non-hydrogen) atoms. The minimum Gasteiger partial charge on any atom is -0.493 e. The predicted octanol–water partition coefficient (Wildman–Crippen LogP) is 3.67. The molecule has 4 rings (SSSR count). The van der Waals surface area contributed by atoms with E-state index >= 15 is 0 Å². The highest BCUT2D eigenvalue weighted by atomic mass is 16.5. The van der Waals surface area contributed by atoms with Crippen LogP contribution < -0.4 is 4.74 Å². The van der Waals surface area contributed by atoms with Gasteiger partial charge in [0.2, 0.25) is 5.91 Å². The van der Waals surface area contributed by atoms with Gasteiger partial charge in [0.05, 0.1) is 19.1 Å². The second kappa shape index (κ2) is 13.5. The quantitative estimate of drug-likeness (QED) is 0.409. The number of hydrogen-bond acceptors (Lipinski definition) is 5. The van der Waals surface area contributed by atoms with Gasteiger partial charge in [-0.3, -0.25) is 14.5 Å². The van der Waals surface area contributed by atoms with E-state index in [4.69, 9.17) is 4.74 Å². The van der Waals surface area contributed by atoms with Crippen LogP contribution in [0.15, 0.2) is 18.2 Å². The molecule has 0 radical (unpaired) electrons. The van der Waals surface area contributed by atoms with E-state index in [1.165, 1.54) is 0 Å². The van der Waals surface area contributed by atoms with Crippen LogP contribution in [0, 0.1) is 5.92 Å². The van der Waals surface area contributed by atoms with Gasteiger partial charge in [-0.05, 0) is 42.9 Å². The third-order valence-corrected chi connectivity index (χ3v) is 8.64. The molecule has 0 spiro atoms. The fraction of sp³-hybridized carbons (Fsp3) is 0.700. The van der Waals surface area contributed by atoms with Crippen molar-refractivity contribution < 1.29 is 24.2 Å². The Kier molecular flexibility index (Phi) is 10.1. The summed E-state index contributed by atoms with van der Waals surface area (Å²) in [6.45, 7) is 9.01. The number of ether oxygens (including phenoxy) is 1. The second-order valence-corrected chi connectivity index (χ2v) is 11.4. The van der Waals surface area contributed by atoms with Gasteiger partial charge in [0.15, 0.2) is 0 Å². The summed E-state index contributed by atoms with van der Waals surface area (Å²) in [6, 6.07) is 5.71. The Morgan fingerprint density at radius 3 is 2.56 bits per heavy atom. The number of nitrogens with zero attached hydrogens (tertiary/aromatic N) is 4. The van der Waals surface area contributed by atoms with Crippen LogP contribution in [-0.2, 0) is 16.0 Å². The highest BCUT2D eigenvalue weighted by Gasteiger charge is 2.47. The maximum Gasteiger partial charge on any atom is 0.319 e. The molecule has 3 heterocycles. The Hall–Kier alpha value is -2.81. The maximum absolute atomic E-state index is 13.6. The van der Waals surface area contributed by atoms with E-state index < -0.39 is 11.9 Å². The van der Waals surface area contributed by atoms with Gasteiger partial charge in [0.1, 0.15) is 5.75 Å². The molecule has 1 aromatic carbocycles. The first-order valence-corrected chi connectivity index (χ1v) is 14.8. The molecule has 216 valence electrons. The number of benzene rings is 1. The summed E-state index contributed by atoms with van der Waals surface area (Å²) in [6.07, 6.45) is 6.21. The van der Waals surface area contributed by atoms with Crippen molar-refractivity contribution >= 4 is 17.9 Å². The maximum atomic E-state index is 13.6. The van der Waals surface area contributed by atoms with Gasteiger partial charge in [-0.1, -0.05) is 38.8 Å². The fourth-order valence-corrected chi connectivity index (χ4v) is 6.39. The van der Waals surface area contributed by atoms with Crippen molar-refractivity contribution in [2.24, 2.45) is 5.92 Å². The zero-order valence-electron chi connectivity index (χ0n) is 23.9. The minimum absolute atomic E-state index is 0.00535. The molecule has 3 atom stereocenters. The molecule has 0 saturated carbocycles. The normalized spacial score (nSPS) is 23.2. The number of carbonyl (C=O) groups excluding carboxylic acids is 2. The first-order valence-electron chi connectivity index (χ1n) is 14.8. The zero-order valence-corrected chi connectivity index (χ0v) is 23.9. The largest absolute Gasteiger partial charge is 0.493 e. The molecule has 0 aromatic heterocycles. The van der Waals surface area contributed by atoms with Crippen molar-refractivity contribution in [3.8, 4) is 5.75 Å². The molecule has 1 aromatic rings. The van der Waals surface area contributed by atoms with Crippen molar-refractivity contribution in [2.45, 2.75) is 70.8 Å². The molecule has 3 aliphatic rings. The van der Waals surface area contributed by atoms with E-state index in [0.717, 1.165) is 75.0 Å². The lowest BCUT2D eigenvalue weighted by Gasteiger charge is -2.35. The number of aliphatic carboxylic acids is 1. The third kappa shape index (κ3) is 6.86. The van der Waals surface area contributed by atoms with Crippen LogP contribution in [0.25, 0.3) is 0 Å². The van der Waals surface area contributed by atoms with Gasteiger partial charge in [-0.15, -0.1) is 0 Å². The summed E-state index contributed by atoms with van der Waals surface area (Å²) in [7, 11) is 1.81. The second-order valence-electron chi connectivity index (χ2n) is 11.4. The van der Waals surface area contributed by atoms with Crippen LogP contribution in [-0.4, -0.2) is 108 Å². The van der Waals surface area contributed by atoms with Crippen molar-refractivity contribution in [3.63, 3.8) is 0 Å². The third-order valence-electron chi connectivity index (χ3n) is 8.64. The van der Waals surface area contributed by atoms with Crippen molar-refractivity contribution in [2.75, 3.05) is 59.5 Å². The van der Waals surface area contributed by atoms with Gasteiger partial charge in [-0.2, -0.15) is 0 Å². The van der Waals surface area contributed by atoms with Crippen LogP contribution in [0.3, 0.4) is 0 Å². The van der Waals surface area contributed by atoms with E-state index in [1.807, 2.05) is 29.0 Å². The number of hydrogen-bond donors (Lipinski definition) is 1. The van der Waals surface area contributed by atoms with E-state index in [9.17, 15) is 19.5 Å². The van der Waals surface area contributed by atoms with Gasteiger partial charge in [-0.25, -0.2) is 4.79 Å². The van der Waals surface area contributed by atoms with Crippen molar-refractivity contribution in [3.05, 3.63) is 29.3 Å². The molecule has 0 aliphatic carbocycles. The Labute approximate surface area is 233 Å². The van der Waals surface area contributed by atoms with Gasteiger partial charge in [0, 0.05) is 64.7 Å². The average molecular weight is 543 g/mol. The van der Waals surface area contributed by atoms with Crippen molar-refractivity contribution in [1.82, 2.24) is 19.6 Å². The molecule has 3 amide bonds. The zero-order chi connectivity index (χ0) is 27.9.